The van der Waals surface area contributed by atoms with E-state index in [0.29, 0.717) is 11.8 Å². The van der Waals surface area contributed by atoms with Crippen LogP contribution < -0.4 is 11.1 Å². The third-order valence-electron chi connectivity index (χ3n) is 5.99. The van der Waals surface area contributed by atoms with Crippen molar-refractivity contribution in [3.8, 4) is 11.3 Å². The Balaban J connectivity index is 1.47. The van der Waals surface area contributed by atoms with Crippen LogP contribution in [0.25, 0.3) is 11.3 Å². The number of fused-ring (bicyclic) bond motifs is 2. The van der Waals surface area contributed by atoms with Crippen molar-refractivity contribution >= 4 is 11.6 Å². The van der Waals surface area contributed by atoms with E-state index in [1.165, 1.54) is 19.3 Å². The number of anilines is 1. The second kappa shape index (κ2) is 7.16. The summed E-state index contributed by atoms with van der Waals surface area (Å²) in [5, 5.41) is 3.12. The highest BCUT2D eigenvalue weighted by molar-refractivity contribution is 5.93. The Morgan fingerprint density at radius 1 is 1.19 bits per heavy atom. The lowest BCUT2D eigenvalue weighted by Crippen LogP contribution is -2.48. The average molecular weight is 350 g/mol. The number of aryl methyl sites for hydroxylation is 1. The van der Waals surface area contributed by atoms with Crippen LogP contribution in [0.5, 0.6) is 0 Å². The van der Waals surface area contributed by atoms with Crippen molar-refractivity contribution in [1.82, 2.24) is 9.97 Å². The van der Waals surface area contributed by atoms with E-state index >= 15 is 0 Å². The van der Waals surface area contributed by atoms with E-state index in [0.717, 1.165) is 35.6 Å². The molecule has 2 fully saturated rings. The first kappa shape index (κ1) is 17.2. The van der Waals surface area contributed by atoms with Gasteiger partial charge in [-0.25, -0.2) is 9.97 Å². The molecule has 3 N–H and O–H groups in total. The van der Waals surface area contributed by atoms with E-state index in [4.69, 9.17) is 5.73 Å². The summed E-state index contributed by atoms with van der Waals surface area (Å²) in [6.45, 7) is 1.87. The number of rotatable bonds is 3. The first-order valence-corrected chi connectivity index (χ1v) is 9.56. The fourth-order valence-electron chi connectivity index (χ4n) is 4.62. The topological polar surface area (TPSA) is 80.9 Å². The number of carbonyl (C=O) groups excluding carboxylic acids is 1. The molecule has 2 unspecified atom stereocenters. The Morgan fingerprint density at radius 3 is 2.69 bits per heavy atom. The van der Waals surface area contributed by atoms with E-state index < -0.39 is 0 Å². The zero-order chi connectivity index (χ0) is 18.1. The molecule has 2 atom stereocenters. The van der Waals surface area contributed by atoms with Crippen LogP contribution in [0.3, 0.4) is 0 Å². The van der Waals surface area contributed by atoms with Crippen molar-refractivity contribution in [2.45, 2.75) is 45.1 Å². The molecule has 1 aromatic heterocycles. The quantitative estimate of drug-likeness (QED) is 0.887. The molecule has 1 heterocycles. The predicted molar refractivity (Wildman–Crippen MR) is 102 cm³/mol. The number of hydrogen-bond donors (Lipinski definition) is 2. The molecule has 136 valence electrons. The first-order chi connectivity index (χ1) is 12.6. The molecule has 0 saturated heterocycles. The second-order valence-corrected chi connectivity index (χ2v) is 7.76. The Bertz CT molecular complexity index is 792. The van der Waals surface area contributed by atoms with Crippen molar-refractivity contribution in [2.75, 3.05) is 5.32 Å². The minimum atomic E-state index is 0.0788. The summed E-state index contributed by atoms with van der Waals surface area (Å²) in [7, 11) is 0. The number of nitrogens with two attached hydrogens (primary N) is 1. The summed E-state index contributed by atoms with van der Waals surface area (Å²) in [5.74, 6) is 1.96. The highest BCUT2D eigenvalue weighted by Gasteiger charge is 2.40. The monoisotopic (exact) mass is 350 g/mol. The molecule has 5 heteroatoms. The van der Waals surface area contributed by atoms with Crippen molar-refractivity contribution in [3.05, 3.63) is 42.4 Å². The third-order valence-corrected chi connectivity index (χ3v) is 5.99. The van der Waals surface area contributed by atoms with E-state index in [1.54, 1.807) is 6.20 Å². The highest BCUT2D eigenvalue weighted by Crippen LogP contribution is 2.42. The molecule has 0 radical (unpaired) electrons. The summed E-state index contributed by atoms with van der Waals surface area (Å²) in [5.41, 5.74) is 9.02. The number of amides is 1. The largest absolute Gasteiger partial charge is 0.327 e. The third kappa shape index (κ3) is 3.49. The number of aromatic nitrogens is 2. The molecule has 2 bridgehead atoms. The molecule has 2 aromatic rings. The highest BCUT2D eigenvalue weighted by atomic mass is 16.1. The minimum absolute atomic E-state index is 0.0788. The first-order valence-electron chi connectivity index (χ1n) is 9.56. The van der Waals surface area contributed by atoms with Gasteiger partial charge in [-0.05, 0) is 62.6 Å². The van der Waals surface area contributed by atoms with E-state index in [-0.39, 0.29) is 17.9 Å². The molecule has 2 aliphatic rings. The molecule has 5 nitrogen and oxygen atoms in total. The fourth-order valence-corrected chi connectivity index (χ4v) is 4.62. The van der Waals surface area contributed by atoms with Crippen molar-refractivity contribution in [3.63, 3.8) is 0 Å². The van der Waals surface area contributed by atoms with Crippen LogP contribution in [0.2, 0.25) is 0 Å². The SMILES string of the molecule is Cc1nccc(-c2cccc(NC(=O)C3CC4CCCC(C3)C4N)c2)n1. The number of nitrogens with zero attached hydrogens (tertiary/aromatic N) is 2. The van der Waals surface area contributed by atoms with Crippen molar-refractivity contribution in [1.29, 1.82) is 0 Å². The van der Waals surface area contributed by atoms with Gasteiger partial charge in [0, 0.05) is 29.4 Å². The van der Waals surface area contributed by atoms with E-state index in [2.05, 4.69) is 15.3 Å². The Kier molecular flexibility index (Phi) is 4.72. The second-order valence-electron chi connectivity index (χ2n) is 7.76. The Labute approximate surface area is 154 Å². The maximum absolute atomic E-state index is 12.8. The molecule has 2 saturated carbocycles. The lowest BCUT2D eigenvalue weighted by molar-refractivity contribution is -0.122. The van der Waals surface area contributed by atoms with Gasteiger partial charge in [-0.15, -0.1) is 0 Å². The molecule has 4 rings (SSSR count). The van der Waals surface area contributed by atoms with Gasteiger partial charge in [0.1, 0.15) is 5.82 Å². The van der Waals surface area contributed by atoms with Gasteiger partial charge in [0.25, 0.3) is 0 Å². The van der Waals surface area contributed by atoms with Crippen molar-refractivity contribution < 1.29 is 4.79 Å². The standard InChI is InChI=1S/C21H26N4O/c1-13-23-9-8-19(24-13)14-4-3-7-18(12-14)25-21(26)17-10-15-5-2-6-16(11-17)20(15)22/h3-4,7-9,12,15-17,20H,2,5-6,10-11,22H2,1H3,(H,25,26). The number of hydrogen-bond acceptors (Lipinski definition) is 4. The average Bonchev–Trinajstić information content (AvgIpc) is 2.61. The van der Waals surface area contributed by atoms with Crippen LogP contribution >= 0.6 is 0 Å². The summed E-state index contributed by atoms with van der Waals surface area (Å²) in [6, 6.07) is 10.0. The summed E-state index contributed by atoms with van der Waals surface area (Å²) >= 11 is 0. The van der Waals surface area contributed by atoms with Gasteiger partial charge in [0.05, 0.1) is 5.69 Å². The summed E-state index contributed by atoms with van der Waals surface area (Å²) in [4.78, 5) is 21.4. The van der Waals surface area contributed by atoms with Gasteiger partial charge in [-0.1, -0.05) is 18.6 Å². The van der Waals surface area contributed by atoms with Gasteiger partial charge >= 0.3 is 0 Å². The molecule has 1 aromatic carbocycles. The molecular weight excluding hydrogens is 324 g/mol. The zero-order valence-corrected chi connectivity index (χ0v) is 15.2. The normalized spacial score (nSPS) is 27.8. The van der Waals surface area contributed by atoms with Crippen LogP contribution in [0, 0.1) is 24.7 Å². The van der Waals surface area contributed by atoms with E-state index in [9.17, 15) is 4.79 Å². The Hall–Kier alpha value is -2.27. The molecular formula is C21H26N4O. The van der Waals surface area contributed by atoms with Gasteiger partial charge in [0.2, 0.25) is 5.91 Å². The van der Waals surface area contributed by atoms with Gasteiger partial charge in [-0.2, -0.15) is 0 Å². The lowest BCUT2D eigenvalue weighted by Gasteiger charge is -2.43. The van der Waals surface area contributed by atoms with Crippen LogP contribution in [0.4, 0.5) is 5.69 Å². The van der Waals surface area contributed by atoms with Crippen LogP contribution in [0.15, 0.2) is 36.5 Å². The minimum Gasteiger partial charge on any atom is -0.327 e. The van der Waals surface area contributed by atoms with Gasteiger partial charge in [-0.3, -0.25) is 4.79 Å². The number of carbonyl (C=O) groups is 1. The zero-order valence-electron chi connectivity index (χ0n) is 15.2. The van der Waals surface area contributed by atoms with Crippen LogP contribution in [0.1, 0.15) is 37.9 Å². The molecule has 2 aliphatic carbocycles. The van der Waals surface area contributed by atoms with Crippen LogP contribution in [-0.4, -0.2) is 21.9 Å². The molecule has 0 aliphatic heterocycles. The Morgan fingerprint density at radius 2 is 1.96 bits per heavy atom. The molecule has 26 heavy (non-hydrogen) atoms. The number of benzene rings is 1. The summed E-state index contributed by atoms with van der Waals surface area (Å²) < 4.78 is 0. The smallest absolute Gasteiger partial charge is 0.227 e. The predicted octanol–water partition coefficient (Wildman–Crippen LogP) is 3.54. The van der Waals surface area contributed by atoms with E-state index in [1.807, 2.05) is 37.3 Å². The lowest BCUT2D eigenvalue weighted by atomic mass is 9.65. The van der Waals surface area contributed by atoms with Crippen molar-refractivity contribution in [2.24, 2.45) is 23.5 Å². The fraction of sp³-hybridized carbons (Fsp3) is 0.476. The number of nitrogens with one attached hydrogen (secondary N) is 1. The molecule has 1 amide bonds. The van der Waals surface area contributed by atoms with Gasteiger partial charge < -0.3 is 11.1 Å². The van der Waals surface area contributed by atoms with Crippen LogP contribution in [-0.2, 0) is 4.79 Å². The summed E-state index contributed by atoms with van der Waals surface area (Å²) in [6.07, 6.45) is 7.21. The molecule has 0 spiro atoms. The van der Waals surface area contributed by atoms with Gasteiger partial charge in [0.15, 0.2) is 0 Å². The maximum Gasteiger partial charge on any atom is 0.227 e. The maximum atomic E-state index is 12.8.